The molecule has 0 aliphatic heterocycles. The van der Waals surface area contributed by atoms with Crippen molar-refractivity contribution in [1.82, 2.24) is 0 Å². The molecule has 2 aromatic rings. The van der Waals surface area contributed by atoms with Gasteiger partial charge >= 0.3 is 0 Å². The third-order valence-electron chi connectivity index (χ3n) is 2.99. The summed E-state index contributed by atoms with van der Waals surface area (Å²) >= 11 is 0. The second kappa shape index (κ2) is 8.17. The highest BCUT2D eigenvalue weighted by atomic mass is 16.6. The van der Waals surface area contributed by atoms with Crippen LogP contribution >= 0.6 is 0 Å². The summed E-state index contributed by atoms with van der Waals surface area (Å²) in [4.78, 5) is 10.7. The minimum atomic E-state index is -1.06. The van der Waals surface area contributed by atoms with Crippen molar-refractivity contribution in [3.63, 3.8) is 0 Å². The van der Waals surface area contributed by atoms with Crippen LogP contribution < -0.4 is 9.47 Å². The van der Waals surface area contributed by atoms with Crippen molar-refractivity contribution in [2.75, 3.05) is 13.7 Å². The molecule has 0 amide bonds. The van der Waals surface area contributed by atoms with Gasteiger partial charge in [-0.1, -0.05) is 30.3 Å². The first-order chi connectivity index (χ1) is 10.7. The highest BCUT2D eigenvalue weighted by Gasteiger charge is 2.10. The van der Waals surface area contributed by atoms with Crippen molar-refractivity contribution >= 4 is 6.29 Å². The quantitative estimate of drug-likeness (QED) is 0.599. The molecule has 2 aromatic carbocycles. The maximum atomic E-state index is 10.7. The summed E-state index contributed by atoms with van der Waals surface area (Å²) in [5, 5.41) is 9.79. The molecule has 1 unspecified atom stereocenters. The highest BCUT2D eigenvalue weighted by molar-refractivity contribution is 5.76. The molecule has 116 valence electrons. The summed E-state index contributed by atoms with van der Waals surface area (Å²) in [7, 11) is 1.49. The summed E-state index contributed by atoms with van der Waals surface area (Å²) in [6.45, 7) is 0.260. The zero-order valence-corrected chi connectivity index (χ0v) is 12.3. The van der Waals surface area contributed by atoms with Crippen LogP contribution in [0.4, 0.5) is 0 Å². The number of methoxy groups -OCH3 is 1. The molecule has 0 bridgehead atoms. The van der Waals surface area contributed by atoms with Crippen molar-refractivity contribution in [3.8, 4) is 11.5 Å². The lowest BCUT2D eigenvalue weighted by Crippen LogP contribution is -2.21. The average molecular weight is 302 g/mol. The van der Waals surface area contributed by atoms with E-state index >= 15 is 0 Å². The van der Waals surface area contributed by atoms with E-state index in [4.69, 9.17) is 14.2 Å². The number of aliphatic hydroxyl groups excluding tert-OH is 1. The summed E-state index contributed by atoms with van der Waals surface area (Å²) in [6, 6.07) is 14.3. The first-order valence-corrected chi connectivity index (χ1v) is 6.82. The maximum absolute atomic E-state index is 10.7. The van der Waals surface area contributed by atoms with Crippen LogP contribution in [0.3, 0.4) is 0 Å². The molecule has 0 aliphatic rings. The zero-order chi connectivity index (χ0) is 15.8. The van der Waals surface area contributed by atoms with Crippen LogP contribution in [0.25, 0.3) is 0 Å². The molecule has 5 nitrogen and oxygen atoms in total. The molecule has 0 aliphatic carbocycles. The molecule has 0 spiro atoms. The number of aliphatic hydroxyl groups is 1. The van der Waals surface area contributed by atoms with E-state index in [2.05, 4.69) is 0 Å². The second-order valence-electron chi connectivity index (χ2n) is 4.59. The van der Waals surface area contributed by atoms with Crippen LogP contribution in [0.5, 0.6) is 11.5 Å². The number of carbonyl (C=O) groups excluding carboxylic acids is 1. The summed E-state index contributed by atoms with van der Waals surface area (Å²) in [6.07, 6.45) is -0.333. The smallest absolute Gasteiger partial charge is 0.189 e. The van der Waals surface area contributed by atoms with Crippen LogP contribution in [-0.4, -0.2) is 31.4 Å². The largest absolute Gasteiger partial charge is 0.493 e. The van der Waals surface area contributed by atoms with Crippen LogP contribution in [0.1, 0.15) is 15.9 Å². The number of aldehydes is 1. The number of hydrogen-bond acceptors (Lipinski definition) is 5. The van der Waals surface area contributed by atoms with Gasteiger partial charge in [-0.15, -0.1) is 0 Å². The fraction of sp³-hybridized carbons (Fsp3) is 0.235. The topological polar surface area (TPSA) is 65.0 Å². The van der Waals surface area contributed by atoms with E-state index in [1.54, 1.807) is 18.2 Å². The Balaban J connectivity index is 1.85. The molecule has 5 heteroatoms. The fourth-order valence-electron chi connectivity index (χ4n) is 1.85. The van der Waals surface area contributed by atoms with E-state index in [1.807, 2.05) is 30.3 Å². The first kappa shape index (κ1) is 16.0. The van der Waals surface area contributed by atoms with E-state index in [1.165, 1.54) is 7.11 Å². The summed E-state index contributed by atoms with van der Waals surface area (Å²) < 4.78 is 15.9. The molecule has 0 heterocycles. The molecule has 2 rings (SSSR count). The minimum Gasteiger partial charge on any atom is -0.493 e. The first-order valence-electron chi connectivity index (χ1n) is 6.82. The fourth-order valence-corrected chi connectivity index (χ4v) is 1.85. The van der Waals surface area contributed by atoms with E-state index in [0.29, 0.717) is 23.7 Å². The molecule has 1 atom stereocenters. The SMILES string of the molecule is COc1cc(C=O)ccc1OCC(O)OCc1ccccc1. The van der Waals surface area contributed by atoms with Crippen LogP contribution in [-0.2, 0) is 11.3 Å². The number of ether oxygens (including phenoxy) is 3. The van der Waals surface area contributed by atoms with Gasteiger partial charge in [0.05, 0.1) is 13.7 Å². The van der Waals surface area contributed by atoms with Crippen molar-refractivity contribution in [2.45, 2.75) is 12.9 Å². The van der Waals surface area contributed by atoms with Crippen molar-refractivity contribution < 1.29 is 24.1 Å². The maximum Gasteiger partial charge on any atom is 0.189 e. The zero-order valence-electron chi connectivity index (χ0n) is 12.3. The Labute approximate surface area is 129 Å². The molecular weight excluding hydrogens is 284 g/mol. The van der Waals surface area contributed by atoms with Crippen LogP contribution in [0.15, 0.2) is 48.5 Å². The monoisotopic (exact) mass is 302 g/mol. The van der Waals surface area contributed by atoms with Gasteiger partial charge in [0.2, 0.25) is 0 Å². The molecule has 1 N–H and O–H groups in total. The van der Waals surface area contributed by atoms with Crippen molar-refractivity contribution in [1.29, 1.82) is 0 Å². The van der Waals surface area contributed by atoms with E-state index in [-0.39, 0.29) is 6.61 Å². The molecular formula is C17H18O5. The van der Waals surface area contributed by atoms with Gasteiger partial charge in [-0.3, -0.25) is 4.79 Å². The van der Waals surface area contributed by atoms with Crippen LogP contribution in [0, 0.1) is 0 Å². The molecule has 0 aromatic heterocycles. The Morgan fingerprint density at radius 2 is 1.91 bits per heavy atom. The Morgan fingerprint density at radius 1 is 1.14 bits per heavy atom. The van der Waals surface area contributed by atoms with Crippen LogP contribution in [0.2, 0.25) is 0 Å². The Morgan fingerprint density at radius 3 is 2.59 bits per heavy atom. The van der Waals surface area contributed by atoms with E-state index in [9.17, 15) is 9.90 Å². The standard InChI is InChI=1S/C17H18O5/c1-20-16-9-14(10-18)7-8-15(16)21-12-17(19)22-11-13-5-3-2-4-6-13/h2-10,17,19H,11-12H2,1H3. The van der Waals surface area contributed by atoms with Gasteiger partial charge in [-0.2, -0.15) is 0 Å². The number of rotatable bonds is 8. The third-order valence-corrected chi connectivity index (χ3v) is 2.99. The van der Waals surface area contributed by atoms with Gasteiger partial charge in [-0.05, 0) is 23.8 Å². The van der Waals surface area contributed by atoms with Gasteiger partial charge < -0.3 is 19.3 Å². The highest BCUT2D eigenvalue weighted by Crippen LogP contribution is 2.27. The predicted molar refractivity (Wildman–Crippen MR) is 81.1 cm³/mol. The normalized spacial score (nSPS) is 11.7. The lowest BCUT2D eigenvalue weighted by Gasteiger charge is -2.15. The summed E-state index contributed by atoms with van der Waals surface area (Å²) in [5.41, 5.74) is 1.46. The van der Waals surface area contributed by atoms with Gasteiger partial charge in [0.25, 0.3) is 0 Å². The lowest BCUT2D eigenvalue weighted by atomic mass is 10.2. The molecule has 0 saturated carbocycles. The molecule has 0 radical (unpaired) electrons. The van der Waals surface area contributed by atoms with Gasteiger partial charge in [0.1, 0.15) is 12.9 Å². The molecule has 22 heavy (non-hydrogen) atoms. The Bertz CT molecular complexity index is 597. The van der Waals surface area contributed by atoms with Gasteiger partial charge in [0, 0.05) is 5.56 Å². The van der Waals surface area contributed by atoms with Crippen molar-refractivity contribution in [3.05, 3.63) is 59.7 Å². The van der Waals surface area contributed by atoms with Gasteiger partial charge in [-0.25, -0.2) is 0 Å². The third kappa shape index (κ3) is 4.58. The van der Waals surface area contributed by atoms with E-state index in [0.717, 1.165) is 11.8 Å². The average Bonchev–Trinajstić information content (AvgIpc) is 2.58. The second-order valence-corrected chi connectivity index (χ2v) is 4.59. The number of hydrogen-bond donors (Lipinski definition) is 1. The lowest BCUT2D eigenvalue weighted by molar-refractivity contribution is -0.127. The molecule has 0 fully saturated rings. The number of carbonyl (C=O) groups is 1. The Hall–Kier alpha value is -2.37. The molecule has 0 saturated heterocycles. The Kier molecular flexibility index (Phi) is 5.94. The summed E-state index contributed by atoms with van der Waals surface area (Å²) in [5.74, 6) is 0.871. The van der Waals surface area contributed by atoms with Gasteiger partial charge in [0.15, 0.2) is 17.8 Å². The van der Waals surface area contributed by atoms with Crippen molar-refractivity contribution in [2.24, 2.45) is 0 Å². The predicted octanol–water partition coefficient (Wildman–Crippen LogP) is 2.42. The van der Waals surface area contributed by atoms with E-state index < -0.39 is 6.29 Å². The minimum absolute atomic E-state index is 0.0381. The number of benzene rings is 2.